The molecule has 0 aromatic heterocycles. The standard InChI is InChI=1S/C8H14O3/c9-7(3-1-4-7)11-8(10)5-2-6-8/h9-10H,1-6H2. The first-order chi connectivity index (χ1) is 5.12. The summed E-state index contributed by atoms with van der Waals surface area (Å²) in [7, 11) is 0. The van der Waals surface area contributed by atoms with Crippen LogP contribution in [-0.2, 0) is 4.74 Å². The van der Waals surface area contributed by atoms with E-state index in [1.54, 1.807) is 0 Å². The summed E-state index contributed by atoms with van der Waals surface area (Å²) in [5, 5.41) is 19.1. The van der Waals surface area contributed by atoms with Crippen molar-refractivity contribution in [3.8, 4) is 0 Å². The molecule has 0 atom stereocenters. The second kappa shape index (κ2) is 2.19. The highest BCUT2D eigenvalue weighted by Gasteiger charge is 2.46. The smallest absolute Gasteiger partial charge is 0.168 e. The molecular formula is C8H14O3. The van der Waals surface area contributed by atoms with Crippen LogP contribution in [0.3, 0.4) is 0 Å². The maximum absolute atomic E-state index is 9.53. The maximum Gasteiger partial charge on any atom is 0.168 e. The van der Waals surface area contributed by atoms with Crippen molar-refractivity contribution in [1.82, 2.24) is 0 Å². The lowest BCUT2D eigenvalue weighted by molar-refractivity contribution is -0.378. The van der Waals surface area contributed by atoms with Gasteiger partial charge in [-0.05, 0) is 12.8 Å². The van der Waals surface area contributed by atoms with Gasteiger partial charge in [0.1, 0.15) is 0 Å². The van der Waals surface area contributed by atoms with E-state index in [9.17, 15) is 10.2 Å². The van der Waals surface area contributed by atoms with E-state index in [4.69, 9.17) is 4.74 Å². The van der Waals surface area contributed by atoms with Crippen LogP contribution in [0.25, 0.3) is 0 Å². The Morgan fingerprint density at radius 1 is 0.818 bits per heavy atom. The molecule has 0 aromatic carbocycles. The van der Waals surface area contributed by atoms with Gasteiger partial charge in [-0.2, -0.15) is 0 Å². The number of rotatable bonds is 2. The van der Waals surface area contributed by atoms with E-state index in [1.165, 1.54) is 0 Å². The minimum atomic E-state index is -0.991. The van der Waals surface area contributed by atoms with Crippen LogP contribution in [0.5, 0.6) is 0 Å². The highest BCUT2D eigenvalue weighted by Crippen LogP contribution is 2.42. The van der Waals surface area contributed by atoms with Crippen LogP contribution in [0, 0.1) is 0 Å². The Balaban J connectivity index is 1.88. The van der Waals surface area contributed by atoms with E-state index < -0.39 is 11.6 Å². The average Bonchev–Trinajstić information content (AvgIpc) is 1.81. The van der Waals surface area contributed by atoms with Gasteiger partial charge in [-0.3, -0.25) is 0 Å². The van der Waals surface area contributed by atoms with Gasteiger partial charge >= 0.3 is 0 Å². The second-order valence-corrected chi connectivity index (χ2v) is 3.70. The summed E-state index contributed by atoms with van der Waals surface area (Å²) in [6.45, 7) is 0. The van der Waals surface area contributed by atoms with E-state index in [0.717, 1.165) is 12.8 Å². The normalized spacial score (nSPS) is 32.2. The van der Waals surface area contributed by atoms with E-state index >= 15 is 0 Å². The van der Waals surface area contributed by atoms with Crippen LogP contribution < -0.4 is 0 Å². The average molecular weight is 158 g/mol. The van der Waals surface area contributed by atoms with Crippen molar-refractivity contribution < 1.29 is 14.9 Å². The van der Waals surface area contributed by atoms with E-state index in [-0.39, 0.29) is 0 Å². The summed E-state index contributed by atoms with van der Waals surface area (Å²) in [4.78, 5) is 0. The fourth-order valence-corrected chi connectivity index (χ4v) is 1.52. The van der Waals surface area contributed by atoms with E-state index in [0.29, 0.717) is 25.7 Å². The Morgan fingerprint density at radius 3 is 1.36 bits per heavy atom. The van der Waals surface area contributed by atoms with Crippen LogP contribution in [0.4, 0.5) is 0 Å². The highest BCUT2D eigenvalue weighted by atomic mass is 16.7. The Labute approximate surface area is 66.0 Å². The van der Waals surface area contributed by atoms with Gasteiger partial charge in [0.25, 0.3) is 0 Å². The Bertz CT molecular complexity index is 141. The van der Waals surface area contributed by atoms with Crippen LogP contribution in [0.1, 0.15) is 38.5 Å². The molecule has 2 aliphatic rings. The first-order valence-electron chi connectivity index (χ1n) is 4.27. The van der Waals surface area contributed by atoms with Crippen molar-refractivity contribution in [2.75, 3.05) is 0 Å². The molecule has 0 saturated heterocycles. The summed E-state index contributed by atoms with van der Waals surface area (Å²) >= 11 is 0. The minimum absolute atomic E-state index is 0.676. The molecular weight excluding hydrogens is 144 g/mol. The molecule has 0 aromatic rings. The van der Waals surface area contributed by atoms with Gasteiger partial charge in [-0.25, -0.2) is 0 Å². The van der Waals surface area contributed by atoms with Crippen LogP contribution in [-0.4, -0.2) is 21.8 Å². The molecule has 2 aliphatic carbocycles. The Hall–Kier alpha value is -0.120. The zero-order chi connectivity index (χ0) is 7.95. The molecule has 2 fully saturated rings. The number of hydrogen-bond donors (Lipinski definition) is 2. The lowest BCUT2D eigenvalue weighted by Crippen LogP contribution is -2.52. The molecule has 0 bridgehead atoms. The molecule has 64 valence electrons. The molecule has 0 aliphatic heterocycles. The largest absolute Gasteiger partial charge is 0.365 e. The van der Waals surface area contributed by atoms with Crippen LogP contribution >= 0.6 is 0 Å². The molecule has 0 amide bonds. The predicted molar refractivity (Wildman–Crippen MR) is 38.7 cm³/mol. The zero-order valence-corrected chi connectivity index (χ0v) is 6.55. The topological polar surface area (TPSA) is 49.7 Å². The lowest BCUT2D eigenvalue weighted by Gasteiger charge is -2.46. The molecule has 0 heterocycles. The van der Waals surface area contributed by atoms with Crippen molar-refractivity contribution in [3.63, 3.8) is 0 Å². The molecule has 3 heteroatoms. The lowest BCUT2D eigenvalue weighted by atomic mass is 9.87. The summed E-state index contributed by atoms with van der Waals surface area (Å²) in [6, 6.07) is 0. The fraction of sp³-hybridized carbons (Fsp3) is 1.00. The minimum Gasteiger partial charge on any atom is -0.365 e. The number of aliphatic hydroxyl groups is 2. The van der Waals surface area contributed by atoms with Gasteiger partial charge in [0.05, 0.1) is 0 Å². The first-order valence-corrected chi connectivity index (χ1v) is 4.27. The number of ether oxygens (including phenoxy) is 1. The summed E-state index contributed by atoms with van der Waals surface area (Å²) in [5.41, 5.74) is 0. The number of hydrogen-bond acceptors (Lipinski definition) is 3. The quantitative estimate of drug-likeness (QED) is 0.583. The van der Waals surface area contributed by atoms with Gasteiger partial charge in [0, 0.05) is 25.7 Å². The van der Waals surface area contributed by atoms with Crippen molar-refractivity contribution in [2.24, 2.45) is 0 Å². The van der Waals surface area contributed by atoms with E-state index in [2.05, 4.69) is 0 Å². The maximum atomic E-state index is 9.53. The van der Waals surface area contributed by atoms with Crippen molar-refractivity contribution in [3.05, 3.63) is 0 Å². The van der Waals surface area contributed by atoms with Gasteiger partial charge in [-0.15, -0.1) is 0 Å². The van der Waals surface area contributed by atoms with E-state index in [1.807, 2.05) is 0 Å². The second-order valence-electron chi connectivity index (χ2n) is 3.70. The van der Waals surface area contributed by atoms with Gasteiger partial charge in [0.15, 0.2) is 11.6 Å². The molecule has 2 N–H and O–H groups in total. The van der Waals surface area contributed by atoms with Crippen LogP contribution in [0.15, 0.2) is 0 Å². The van der Waals surface area contributed by atoms with Gasteiger partial charge < -0.3 is 14.9 Å². The SMILES string of the molecule is OC1(OC2(O)CCC2)CCC1. The monoisotopic (exact) mass is 158 g/mol. The fourth-order valence-electron chi connectivity index (χ4n) is 1.52. The van der Waals surface area contributed by atoms with Gasteiger partial charge in [0.2, 0.25) is 0 Å². The summed E-state index contributed by atoms with van der Waals surface area (Å²) < 4.78 is 5.21. The molecule has 2 rings (SSSR count). The van der Waals surface area contributed by atoms with Gasteiger partial charge in [-0.1, -0.05) is 0 Å². The van der Waals surface area contributed by atoms with Crippen molar-refractivity contribution in [2.45, 2.75) is 50.1 Å². The first kappa shape index (κ1) is 7.53. The predicted octanol–water partition coefficient (Wildman–Crippen LogP) is 0.748. The van der Waals surface area contributed by atoms with Crippen molar-refractivity contribution in [1.29, 1.82) is 0 Å². The molecule has 0 spiro atoms. The molecule has 0 unspecified atom stereocenters. The molecule has 0 radical (unpaired) electrons. The third-order valence-corrected chi connectivity index (χ3v) is 2.65. The third-order valence-electron chi connectivity index (χ3n) is 2.65. The Morgan fingerprint density at radius 2 is 1.18 bits per heavy atom. The Kier molecular flexibility index (Phi) is 1.50. The van der Waals surface area contributed by atoms with Crippen LogP contribution in [0.2, 0.25) is 0 Å². The van der Waals surface area contributed by atoms with Crippen molar-refractivity contribution >= 4 is 0 Å². The molecule has 3 nitrogen and oxygen atoms in total. The molecule has 2 saturated carbocycles. The zero-order valence-electron chi connectivity index (χ0n) is 6.55. The third kappa shape index (κ3) is 1.28. The highest BCUT2D eigenvalue weighted by molar-refractivity contribution is 4.86. The molecule has 11 heavy (non-hydrogen) atoms. The summed E-state index contributed by atoms with van der Waals surface area (Å²) in [5.74, 6) is -1.98. The summed E-state index contributed by atoms with van der Waals surface area (Å²) in [6.07, 6.45) is 4.72.